The lowest BCUT2D eigenvalue weighted by Gasteiger charge is -2.12. The van der Waals surface area contributed by atoms with Gasteiger partial charge >= 0.3 is 0 Å². The number of hydrogen-bond acceptors (Lipinski definition) is 1. The minimum atomic E-state index is 0.907. The molecular formula is C9H17N. The molecule has 58 valence electrons. The van der Waals surface area contributed by atoms with Gasteiger partial charge in [0.15, 0.2) is 0 Å². The van der Waals surface area contributed by atoms with E-state index in [0.717, 1.165) is 17.9 Å². The highest BCUT2D eigenvalue weighted by Crippen LogP contribution is 2.51. The Hall–Kier alpha value is -0.0400. The maximum atomic E-state index is 3.62. The van der Waals surface area contributed by atoms with Crippen LogP contribution in [0.1, 0.15) is 32.6 Å². The Labute approximate surface area is 63.2 Å². The van der Waals surface area contributed by atoms with Crippen molar-refractivity contribution < 1.29 is 0 Å². The van der Waals surface area contributed by atoms with Crippen molar-refractivity contribution in [3.05, 3.63) is 0 Å². The predicted molar refractivity (Wildman–Crippen MR) is 42.9 cm³/mol. The first-order valence-electron chi connectivity index (χ1n) is 4.65. The average Bonchev–Trinajstić information content (AvgIpc) is 2.63. The molecule has 2 aliphatic carbocycles. The van der Waals surface area contributed by atoms with Gasteiger partial charge in [-0.1, -0.05) is 6.92 Å². The highest BCUT2D eigenvalue weighted by molar-refractivity contribution is 5.00. The summed E-state index contributed by atoms with van der Waals surface area (Å²) in [6.07, 6.45) is 5.77. The van der Waals surface area contributed by atoms with Gasteiger partial charge in [0.1, 0.15) is 0 Å². The third-order valence-electron chi connectivity index (χ3n) is 3.00. The van der Waals surface area contributed by atoms with E-state index in [0.29, 0.717) is 0 Å². The molecule has 2 fully saturated rings. The molecule has 0 saturated heterocycles. The van der Waals surface area contributed by atoms with Gasteiger partial charge < -0.3 is 5.32 Å². The van der Waals surface area contributed by atoms with Crippen molar-refractivity contribution >= 4 is 0 Å². The molecule has 0 heterocycles. The van der Waals surface area contributed by atoms with Crippen molar-refractivity contribution in [3.8, 4) is 0 Å². The van der Waals surface area contributed by atoms with Crippen molar-refractivity contribution in [3.63, 3.8) is 0 Å². The first kappa shape index (κ1) is 6.66. The summed E-state index contributed by atoms with van der Waals surface area (Å²) in [6, 6.07) is 0.907. The summed E-state index contributed by atoms with van der Waals surface area (Å²) in [7, 11) is 0. The number of hydrogen-bond donors (Lipinski definition) is 1. The molecule has 0 aromatic carbocycles. The van der Waals surface area contributed by atoms with Crippen molar-refractivity contribution in [1.29, 1.82) is 0 Å². The second-order valence-electron chi connectivity index (χ2n) is 3.80. The molecule has 3 unspecified atom stereocenters. The molecule has 1 heteroatoms. The van der Waals surface area contributed by atoms with Crippen LogP contribution in [0.3, 0.4) is 0 Å². The lowest BCUT2D eigenvalue weighted by atomic mass is 10.2. The van der Waals surface area contributed by atoms with Gasteiger partial charge in [-0.25, -0.2) is 0 Å². The second-order valence-corrected chi connectivity index (χ2v) is 3.80. The third-order valence-corrected chi connectivity index (χ3v) is 3.00. The van der Waals surface area contributed by atoms with E-state index in [4.69, 9.17) is 0 Å². The quantitative estimate of drug-likeness (QED) is 0.628. The van der Waals surface area contributed by atoms with E-state index in [-0.39, 0.29) is 0 Å². The molecular weight excluding hydrogens is 122 g/mol. The van der Waals surface area contributed by atoms with Crippen LogP contribution < -0.4 is 5.32 Å². The van der Waals surface area contributed by atoms with E-state index in [1.807, 2.05) is 0 Å². The lowest BCUT2D eigenvalue weighted by Crippen LogP contribution is -2.29. The molecule has 2 aliphatic rings. The molecule has 2 rings (SSSR count). The van der Waals surface area contributed by atoms with Gasteiger partial charge in [-0.15, -0.1) is 0 Å². The summed E-state index contributed by atoms with van der Waals surface area (Å²) in [5, 5.41) is 3.62. The van der Waals surface area contributed by atoms with Gasteiger partial charge in [0.2, 0.25) is 0 Å². The van der Waals surface area contributed by atoms with E-state index >= 15 is 0 Å². The average molecular weight is 139 g/mol. The van der Waals surface area contributed by atoms with E-state index in [2.05, 4.69) is 12.2 Å². The van der Waals surface area contributed by atoms with Crippen LogP contribution in [0, 0.1) is 11.8 Å². The van der Waals surface area contributed by atoms with E-state index in [1.54, 1.807) is 0 Å². The second kappa shape index (κ2) is 2.54. The van der Waals surface area contributed by atoms with Crippen molar-refractivity contribution in [2.75, 3.05) is 6.54 Å². The van der Waals surface area contributed by atoms with Gasteiger partial charge in [0.05, 0.1) is 0 Å². The summed E-state index contributed by atoms with van der Waals surface area (Å²) < 4.78 is 0. The minimum absolute atomic E-state index is 0.907. The van der Waals surface area contributed by atoms with Gasteiger partial charge in [0, 0.05) is 6.04 Å². The molecule has 0 bridgehead atoms. The van der Waals surface area contributed by atoms with Gasteiger partial charge in [-0.05, 0) is 44.1 Å². The van der Waals surface area contributed by atoms with E-state index in [9.17, 15) is 0 Å². The Kier molecular flexibility index (Phi) is 1.69. The third kappa shape index (κ3) is 1.07. The van der Waals surface area contributed by atoms with Crippen LogP contribution in [0.4, 0.5) is 0 Å². The van der Waals surface area contributed by atoms with E-state index < -0.39 is 0 Å². The van der Waals surface area contributed by atoms with Crippen LogP contribution in [0.15, 0.2) is 0 Å². The van der Waals surface area contributed by atoms with Crippen molar-refractivity contribution in [2.24, 2.45) is 11.8 Å². The maximum Gasteiger partial charge on any atom is 0.00981 e. The largest absolute Gasteiger partial charge is 0.314 e. The molecule has 1 nitrogen and oxygen atoms in total. The Morgan fingerprint density at radius 2 is 2.30 bits per heavy atom. The monoisotopic (exact) mass is 139 g/mol. The number of fused-ring (bicyclic) bond motifs is 1. The molecule has 10 heavy (non-hydrogen) atoms. The van der Waals surface area contributed by atoms with Crippen LogP contribution in [-0.4, -0.2) is 12.6 Å². The van der Waals surface area contributed by atoms with Crippen LogP contribution in [0.2, 0.25) is 0 Å². The first-order valence-corrected chi connectivity index (χ1v) is 4.65. The topological polar surface area (TPSA) is 12.0 Å². The molecule has 0 aromatic rings. The smallest absolute Gasteiger partial charge is 0.00981 e. The van der Waals surface area contributed by atoms with E-state index in [1.165, 1.54) is 32.2 Å². The zero-order valence-corrected chi connectivity index (χ0v) is 6.77. The molecule has 1 N–H and O–H groups in total. The Bertz CT molecular complexity index is 122. The Morgan fingerprint density at radius 1 is 1.40 bits per heavy atom. The number of nitrogens with one attached hydrogen (secondary N) is 1. The summed E-state index contributed by atoms with van der Waals surface area (Å²) in [5.41, 5.74) is 0. The normalized spacial score (nSPS) is 43.5. The zero-order valence-electron chi connectivity index (χ0n) is 6.77. The molecule has 3 atom stereocenters. The van der Waals surface area contributed by atoms with Crippen LogP contribution in [0.25, 0.3) is 0 Å². The molecule has 2 saturated carbocycles. The predicted octanol–water partition coefficient (Wildman–Crippen LogP) is 1.78. The highest BCUT2D eigenvalue weighted by atomic mass is 14.9. The zero-order chi connectivity index (χ0) is 6.97. The maximum absolute atomic E-state index is 3.62. The lowest BCUT2D eigenvalue weighted by molar-refractivity contribution is 0.475. The van der Waals surface area contributed by atoms with Gasteiger partial charge in [-0.3, -0.25) is 0 Å². The van der Waals surface area contributed by atoms with Crippen molar-refractivity contribution in [1.82, 2.24) is 5.32 Å². The molecule has 0 aromatic heterocycles. The summed E-state index contributed by atoms with van der Waals surface area (Å²) >= 11 is 0. The standard InChI is InChI=1S/C9H17N/c1-2-5-10-9-4-3-7-6-8(7)9/h7-10H,2-6H2,1H3. The fourth-order valence-electron chi connectivity index (χ4n) is 2.29. The van der Waals surface area contributed by atoms with Gasteiger partial charge in [-0.2, -0.15) is 0 Å². The molecule has 0 amide bonds. The fourth-order valence-corrected chi connectivity index (χ4v) is 2.29. The van der Waals surface area contributed by atoms with Crippen molar-refractivity contribution in [2.45, 2.75) is 38.6 Å². The van der Waals surface area contributed by atoms with Crippen LogP contribution >= 0.6 is 0 Å². The van der Waals surface area contributed by atoms with Crippen LogP contribution in [-0.2, 0) is 0 Å². The number of rotatable bonds is 3. The molecule has 0 aliphatic heterocycles. The summed E-state index contributed by atoms with van der Waals surface area (Å²) in [4.78, 5) is 0. The van der Waals surface area contributed by atoms with Crippen LogP contribution in [0.5, 0.6) is 0 Å². The summed E-state index contributed by atoms with van der Waals surface area (Å²) in [5.74, 6) is 2.22. The Balaban J connectivity index is 1.72. The molecule has 0 spiro atoms. The Morgan fingerprint density at radius 3 is 2.80 bits per heavy atom. The SMILES string of the molecule is CCCNC1CCC2CC21. The first-order chi connectivity index (χ1) is 4.92. The van der Waals surface area contributed by atoms with Gasteiger partial charge in [0.25, 0.3) is 0 Å². The highest BCUT2D eigenvalue weighted by Gasteiger charge is 2.47. The summed E-state index contributed by atoms with van der Waals surface area (Å²) in [6.45, 7) is 3.47. The minimum Gasteiger partial charge on any atom is -0.314 e. The molecule has 0 radical (unpaired) electrons. The fraction of sp³-hybridized carbons (Fsp3) is 1.00.